The van der Waals surface area contributed by atoms with Gasteiger partial charge in [-0.15, -0.1) is 0 Å². The average molecular weight is 263 g/mol. The fraction of sp³-hybridized carbons (Fsp3) is 0.533. The summed E-state index contributed by atoms with van der Waals surface area (Å²) >= 11 is 0. The van der Waals surface area contributed by atoms with E-state index in [1.54, 1.807) is 6.07 Å². The van der Waals surface area contributed by atoms with Crippen molar-refractivity contribution in [2.45, 2.75) is 45.3 Å². The van der Waals surface area contributed by atoms with Crippen molar-refractivity contribution in [2.75, 3.05) is 6.54 Å². The molecule has 4 heteroatoms. The minimum Gasteiger partial charge on any atom is -0.488 e. The van der Waals surface area contributed by atoms with Gasteiger partial charge in [0, 0.05) is 18.0 Å². The van der Waals surface area contributed by atoms with E-state index in [9.17, 15) is 4.79 Å². The van der Waals surface area contributed by atoms with Crippen molar-refractivity contribution in [1.29, 1.82) is 0 Å². The predicted octanol–water partition coefficient (Wildman–Crippen LogP) is 2.47. The maximum absolute atomic E-state index is 12.0. The van der Waals surface area contributed by atoms with Crippen molar-refractivity contribution >= 4 is 5.97 Å². The predicted molar refractivity (Wildman–Crippen MR) is 73.5 cm³/mol. The van der Waals surface area contributed by atoms with E-state index in [0.717, 1.165) is 11.3 Å². The second-order valence-electron chi connectivity index (χ2n) is 5.94. The average Bonchev–Trinajstić information content (AvgIpc) is 2.63. The third-order valence-corrected chi connectivity index (χ3v) is 3.20. The molecule has 0 aromatic heterocycles. The number of ether oxygens (including phenoxy) is 2. The number of hydrogen-bond acceptors (Lipinski definition) is 4. The number of nitrogens with two attached hydrogens (primary N) is 1. The van der Waals surface area contributed by atoms with Crippen LogP contribution in [0, 0.1) is 0 Å². The Morgan fingerprint density at radius 1 is 1.42 bits per heavy atom. The summed E-state index contributed by atoms with van der Waals surface area (Å²) in [4.78, 5) is 12.0. The lowest BCUT2D eigenvalue weighted by Crippen LogP contribution is -2.26. The molecule has 1 aliphatic rings. The van der Waals surface area contributed by atoms with Gasteiger partial charge in [-0.25, -0.2) is 4.79 Å². The minimum atomic E-state index is -0.488. The number of benzene rings is 1. The summed E-state index contributed by atoms with van der Waals surface area (Å²) in [5, 5.41) is 0. The van der Waals surface area contributed by atoms with E-state index in [0.29, 0.717) is 12.1 Å². The van der Waals surface area contributed by atoms with Crippen LogP contribution in [0.3, 0.4) is 0 Å². The maximum atomic E-state index is 12.0. The SMILES string of the molecule is C[C@H]1c2cc(C(=O)OC(C)(C)C)ccc2O[C@H]1CN. The Morgan fingerprint density at radius 2 is 2.11 bits per heavy atom. The smallest absolute Gasteiger partial charge is 0.338 e. The molecule has 0 unspecified atom stereocenters. The maximum Gasteiger partial charge on any atom is 0.338 e. The van der Waals surface area contributed by atoms with Crippen molar-refractivity contribution in [3.63, 3.8) is 0 Å². The van der Waals surface area contributed by atoms with Crippen LogP contribution in [0.25, 0.3) is 0 Å². The zero-order chi connectivity index (χ0) is 14.2. The van der Waals surface area contributed by atoms with Crippen molar-refractivity contribution < 1.29 is 14.3 Å². The molecule has 19 heavy (non-hydrogen) atoms. The van der Waals surface area contributed by atoms with Crippen LogP contribution < -0.4 is 10.5 Å². The summed E-state index contributed by atoms with van der Waals surface area (Å²) in [5.41, 5.74) is 6.76. The third-order valence-electron chi connectivity index (χ3n) is 3.20. The second-order valence-corrected chi connectivity index (χ2v) is 5.94. The van der Waals surface area contributed by atoms with Crippen LogP contribution in [0.15, 0.2) is 18.2 Å². The van der Waals surface area contributed by atoms with Crippen LogP contribution in [-0.4, -0.2) is 24.2 Å². The van der Waals surface area contributed by atoms with Crippen LogP contribution in [-0.2, 0) is 4.74 Å². The van der Waals surface area contributed by atoms with E-state index in [-0.39, 0.29) is 18.0 Å². The first-order valence-corrected chi connectivity index (χ1v) is 6.56. The number of hydrogen-bond donors (Lipinski definition) is 1. The van der Waals surface area contributed by atoms with Gasteiger partial charge < -0.3 is 15.2 Å². The standard InChI is InChI=1S/C15H21NO3/c1-9-11-7-10(14(17)19-15(2,3)4)5-6-12(11)18-13(9)8-16/h5-7,9,13H,8,16H2,1-4H3/t9-,13-/m0/s1. The molecular formula is C15H21NO3. The molecule has 1 aliphatic heterocycles. The van der Waals surface area contributed by atoms with Crippen LogP contribution in [0.5, 0.6) is 5.75 Å². The number of carbonyl (C=O) groups excluding carboxylic acids is 1. The Morgan fingerprint density at radius 3 is 2.68 bits per heavy atom. The van der Waals surface area contributed by atoms with Gasteiger partial charge in [0.1, 0.15) is 17.5 Å². The highest BCUT2D eigenvalue weighted by Crippen LogP contribution is 2.38. The van der Waals surface area contributed by atoms with E-state index >= 15 is 0 Å². The van der Waals surface area contributed by atoms with Crippen LogP contribution >= 0.6 is 0 Å². The summed E-state index contributed by atoms with van der Waals surface area (Å²) in [6, 6.07) is 5.41. The van der Waals surface area contributed by atoms with E-state index in [4.69, 9.17) is 15.2 Å². The molecule has 0 spiro atoms. The molecule has 104 valence electrons. The molecule has 0 bridgehead atoms. The van der Waals surface area contributed by atoms with Gasteiger partial charge in [0.25, 0.3) is 0 Å². The van der Waals surface area contributed by atoms with Crippen molar-refractivity contribution in [1.82, 2.24) is 0 Å². The van der Waals surface area contributed by atoms with E-state index in [1.165, 1.54) is 0 Å². The van der Waals surface area contributed by atoms with Gasteiger partial charge in [0.2, 0.25) is 0 Å². The highest BCUT2D eigenvalue weighted by atomic mass is 16.6. The lowest BCUT2D eigenvalue weighted by Gasteiger charge is -2.19. The third kappa shape index (κ3) is 2.89. The monoisotopic (exact) mass is 263 g/mol. The first-order chi connectivity index (χ1) is 8.81. The minimum absolute atomic E-state index is 0.0103. The lowest BCUT2D eigenvalue weighted by molar-refractivity contribution is 0.00694. The number of carbonyl (C=O) groups is 1. The second kappa shape index (κ2) is 4.85. The Bertz CT molecular complexity index is 491. The summed E-state index contributed by atoms with van der Waals surface area (Å²) in [5.74, 6) is 0.705. The molecule has 0 amide bonds. The Balaban J connectivity index is 2.24. The number of fused-ring (bicyclic) bond motifs is 1. The molecule has 2 atom stereocenters. The summed E-state index contributed by atoms with van der Waals surface area (Å²) in [6.45, 7) is 8.09. The Labute approximate surface area is 113 Å². The first kappa shape index (κ1) is 13.9. The fourth-order valence-corrected chi connectivity index (χ4v) is 2.19. The zero-order valence-corrected chi connectivity index (χ0v) is 11.9. The summed E-state index contributed by atoms with van der Waals surface area (Å²) < 4.78 is 11.1. The fourth-order valence-electron chi connectivity index (χ4n) is 2.19. The van der Waals surface area contributed by atoms with E-state index in [1.807, 2.05) is 32.9 Å². The lowest BCUT2D eigenvalue weighted by atomic mass is 9.96. The van der Waals surface area contributed by atoms with Crippen molar-refractivity contribution in [3.8, 4) is 5.75 Å². The molecule has 0 radical (unpaired) electrons. The largest absolute Gasteiger partial charge is 0.488 e. The molecule has 0 saturated carbocycles. The molecular weight excluding hydrogens is 242 g/mol. The van der Waals surface area contributed by atoms with Crippen LogP contribution in [0.4, 0.5) is 0 Å². The van der Waals surface area contributed by atoms with Gasteiger partial charge in [-0.3, -0.25) is 0 Å². The highest BCUT2D eigenvalue weighted by Gasteiger charge is 2.31. The van der Waals surface area contributed by atoms with E-state index < -0.39 is 5.60 Å². The van der Waals surface area contributed by atoms with Gasteiger partial charge in [0.05, 0.1) is 5.56 Å². The molecule has 1 heterocycles. The molecule has 1 aromatic carbocycles. The van der Waals surface area contributed by atoms with Gasteiger partial charge in [-0.1, -0.05) is 6.92 Å². The van der Waals surface area contributed by atoms with E-state index in [2.05, 4.69) is 6.92 Å². The normalized spacial score (nSPS) is 21.7. The molecule has 4 nitrogen and oxygen atoms in total. The van der Waals surface area contributed by atoms with Gasteiger partial charge in [-0.2, -0.15) is 0 Å². The Hall–Kier alpha value is -1.55. The number of rotatable bonds is 2. The topological polar surface area (TPSA) is 61.5 Å². The van der Waals surface area contributed by atoms with Gasteiger partial charge in [0.15, 0.2) is 0 Å². The summed E-state index contributed by atoms with van der Waals surface area (Å²) in [7, 11) is 0. The molecule has 0 aliphatic carbocycles. The van der Waals surface area contributed by atoms with Gasteiger partial charge in [-0.05, 0) is 39.0 Å². The molecule has 0 fully saturated rings. The van der Waals surface area contributed by atoms with Gasteiger partial charge >= 0.3 is 5.97 Å². The zero-order valence-electron chi connectivity index (χ0n) is 11.9. The van der Waals surface area contributed by atoms with Crippen LogP contribution in [0.2, 0.25) is 0 Å². The molecule has 0 saturated heterocycles. The molecule has 2 rings (SSSR count). The number of esters is 1. The summed E-state index contributed by atoms with van der Waals surface area (Å²) in [6.07, 6.45) is -0.0103. The molecule has 1 aromatic rings. The molecule has 2 N–H and O–H groups in total. The first-order valence-electron chi connectivity index (χ1n) is 6.56. The van der Waals surface area contributed by atoms with Crippen LogP contribution in [0.1, 0.15) is 49.5 Å². The quantitative estimate of drug-likeness (QED) is 0.833. The Kier molecular flexibility index (Phi) is 3.54. The van der Waals surface area contributed by atoms with Crippen molar-refractivity contribution in [3.05, 3.63) is 29.3 Å². The highest BCUT2D eigenvalue weighted by molar-refractivity contribution is 5.90. The van der Waals surface area contributed by atoms with Crippen molar-refractivity contribution in [2.24, 2.45) is 5.73 Å².